The molecule has 9 heteroatoms. The van der Waals surface area contributed by atoms with Crippen LogP contribution in [0.5, 0.6) is 0 Å². The van der Waals surface area contributed by atoms with E-state index in [1.807, 2.05) is 45.0 Å². The number of methoxy groups -OCH3 is 2. The second-order valence-corrected chi connectivity index (χ2v) is 8.95. The fraction of sp³-hybridized carbons (Fsp3) is 0.519. The number of carbonyl (C=O) groups is 1. The molecule has 8 nitrogen and oxygen atoms in total. The van der Waals surface area contributed by atoms with Crippen LogP contribution in [-0.4, -0.2) is 65.3 Å². The summed E-state index contributed by atoms with van der Waals surface area (Å²) >= 11 is 0. The first kappa shape index (κ1) is 33.5. The molecule has 0 unspecified atom stereocenters. The Bertz CT molecular complexity index is 812. The van der Waals surface area contributed by atoms with E-state index in [1.54, 1.807) is 14.2 Å². The van der Waals surface area contributed by atoms with Crippen LogP contribution >= 0.6 is 12.4 Å². The number of alkyl carbamates (subject to hydrolysis) is 1. The number of halogens is 1. The summed E-state index contributed by atoms with van der Waals surface area (Å²) in [5.41, 5.74) is 9.65. The fourth-order valence-corrected chi connectivity index (χ4v) is 2.96. The number of hydrogen-bond donors (Lipinski definition) is 4. The molecule has 36 heavy (non-hydrogen) atoms. The highest BCUT2D eigenvalue weighted by Gasteiger charge is 2.15. The normalized spacial score (nSPS) is 10.4. The summed E-state index contributed by atoms with van der Waals surface area (Å²) in [7, 11) is 3.38. The van der Waals surface area contributed by atoms with Gasteiger partial charge in [-0.2, -0.15) is 0 Å². The van der Waals surface area contributed by atoms with Gasteiger partial charge in [-0.25, -0.2) is 4.79 Å². The van der Waals surface area contributed by atoms with E-state index >= 15 is 0 Å². The maximum Gasteiger partial charge on any atom is 0.407 e. The van der Waals surface area contributed by atoms with E-state index in [1.165, 1.54) is 11.1 Å². The zero-order valence-electron chi connectivity index (χ0n) is 22.4. The van der Waals surface area contributed by atoms with Gasteiger partial charge in [0.05, 0.1) is 13.2 Å². The van der Waals surface area contributed by atoms with Crippen molar-refractivity contribution in [3.8, 4) is 0 Å². The Labute approximate surface area is 223 Å². The summed E-state index contributed by atoms with van der Waals surface area (Å²) in [6.45, 7) is 9.85. The van der Waals surface area contributed by atoms with Crippen LogP contribution in [0.3, 0.4) is 0 Å². The number of amides is 1. The largest absolute Gasteiger partial charge is 0.444 e. The smallest absolute Gasteiger partial charge is 0.407 e. The van der Waals surface area contributed by atoms with Crippen LogP contribution in [0.1, 0.15) is 31.9 Å². The van der Waals surface area contributed by atoms with Crippen molar-refractivity contribution in [3.63, 3.8) is 0 Å². The van der Waals surface area contributed by atoms with E-state index in [0.29, 0.717) is 19.7 Å². The van der Waals surface area contributed by atoms with E-state index in [2.05, 4.69) is 40.2 Å². The van der Waals surface area contributed by atoms with Gasteiger partial charge in [-0.15, -0.1) is 12.4 Å². The maximum atomic E-state index is 11.5. The second kappa shape index (κ2) is 19.6. The number of nitrogens with two attached hydrogens (primary N) is 1. The minimum atomic E-state index is -0.459. The highest BCUT2D eigenvalue weighted by Crippen LogP contribution is 2.11. The van der Waals surface area contributed by atoms with Crippen LogP contribution in [-0.2, 0) is 27.1 Å². The standard InChI is InChI=1S/C16H26N2O3.C11H18N2O.ClH/c1-16(2,3)21-15(19)18-10-9-13-5-7-14(8-6-13)17-11-12-20-4;1-14-9-8-13-11-4-2-10(3-5-11)6-7-12;/h5-8,17H,9-12H2,1-4H3,(H,18,19);2-5,13H,6-9,12H2,1H3;1H. The Morgan fingerprint density at radius 1 is 0.778 bits per heavy atom. The molecule has 0 bridgehead atoms. The van der Waals surface area contributed by atoms with Gasteiger partial charge in [0.2, 0.25) is 0 Å². The first-order valence-corrected chi connectivity index (χ1v) is 12.1. The molecular weight excluding hydrogens is 480 g/mol. The summed E-state index contributed by atoms with van der Waals surface area (Å²) in [6.07, 6.45) is 1.34. The van der Waals surface area contributed by atoms with Gasteiger partial charge in [0.1, 0.15) is 5.60 Å². The minimum absolute atomic E-state index is 0. The molecule has 5 N–H and O–H groups in total. The second-order valence-electron chi connectivity index (χ2n) is 8.95. The van der Waals surface area contributed by atoms with Gasteiger partial charge in [0.15, 0.2) is 0 Å². The lowest BCUT2D eigenvalue weighted by Crippen LogP contribution is -2.33. The van der Waals surface area contributed by atoms with Crippen LogP contribution in [0.4, 0.5) is 16.2 Å². The van der Waals surface area contributed by atoms with Crippen LogP contribution in [0.15, 0.2) is 48.5 Å². The topological polar surface area (TPSA) is 107 Å². The molecule has 0 aliphatic heterocycles. The van der Waals surface area contributed by atoms with Crippen molar-refractivity contribution < 1.29 is 19.0 Å². The molecule has 0 heterocycles. The molecule has 2 aromatic rings. The van der Waals surface area contributed by atoms with Gasteiger partial charge in [0, 0.05) is 45.2 Å². The van der Waals surface area contributed by atoms with Crippen LogP contribution in [0.2, 0.25) is 0 Å². The van der Waals surface area contributed by atoms with Crippen molar-refractivity contribution in [2.75, 3.05) is 64.2 Å². The van der Waals surface area contributed by atoms with E-state index in [4.69, 9.17) is 19.9 Å². The molecule has 0 atom stereocenters. The van der Waals surface area contributed by atoms with E-state index in [0.717, 1.165) is 43.9 Å². The number of hydrogen-bond acceptors (Lipinski definition) is 7. The van der Waals surface area contributed by atoms with Gasteiger partial charge >= 0.3 is 6.09 Å². The zero-order chi connectivity index (χ0) is 25.9. The molecule has 204 valence electrons. The third-order valence-corrected chi connectivity index (χ3v) is 4.69. The first-order chi connectivity index (χ1) is 16.8. The number of ether oxygens (including phenoxy) is 3. The van der Waals surface area contributed by atoms with Gasteiger partial charge in [-0.05, 0) is 75.5 Å². The third-order valence-electron chi connectivity index (χ3n) is 4.69. The Morgan fingerprint density at radius 3 is 1.61 bits per heavy atom. The predicted molar refractivity (Wildman–Crippen MR) is 152 cm³/mol. The van der Waals surface area contributed by atoms with E-state index < -0.39 is 5.60 Å². The molecule has 0 spiro atoms. The van der Waals surface area contributed by atoms with Crippen molar-refractivity contribution in [1.29, 1.82) is 0 Å². The molecule has 0 fully saturated rings. The molecule has 0 saturated carbocycles. The maximum absolute atomic E-state index is 11.5. The van der Waals surface area contributed by atoms with Crippen LogP contribution in [0, 0.1) is 0 Å². The third kappa shape index (κ3) is 17.0. The van der Waals surface area contributed by atoms with Crippen molar-refractivity contribution in [2.24, 2.45) is 5.73 Å². The summed E-state index contributed by atoms with van der Waals surface area (Å²) in [5, 5.41) is 9.27. The molecule has 0 aliphatic rings. The first-order valence-electron chi connectivity index (χ1n) is 12.1. The highest BCUT2D eigenvalue weighted by molar-refractivity contribution is 5.85. The number of rotatable bonds is 13. The molecule has 0 aliphatic carbocycles. The lowest BCUT2D eigenvalue weighted by Gasteiger charge is -2.19. The average molecular weight is 525 g/mol. The van der Waals surface area contributed by atoms with Gasteiger partial charge < -0.3 is 35.9 Å². The van der Waals surface area contributed by atoms with E-state index in [-0.39, 0.29) is 18.5 Å². The number of benzene rings is 2. The summed E-state index contributed by atoms with van der Waals surface area (Å²) < 4.78 is 15.1. The molecule has 0 radical (unpaired) electrons. The number of nitrogens with one attached hydrogen (secondary N) is 3. The molecule has 1 amide bonds. The molecular formula is C27H45ClN4O4. The predicted octanol–water partition coefficient (Wildman–Crippen LogP) is 4.48. The molecule has 0 aromatic heterocycles. The van der Waals surface area contributed by atoms with Gasteiger partial charge in [-0.1, -0.05) is 24.3 Å². The molecule has 2 aromatic carbocycles. The monoisotopic (exact) mass is 524 g/mol. The number of carbonyl (C=O) groups excluding carboxylic acids is 1. The van der Waals surface area contributed by atoms with Gasteiger partial charge in [0.25, 0.3) is 0 Å². The van der Waals surface area contributed by atoms with E-state index in [9.17, 15) is 4.79 Å². The van der Waals surface area contributed by atoms with Crippen molar-refractivity contribution in [1.82, 2.24) is 5.32 Å². The quantitative estimate of drug-likeness (QED) is 0.286. The number of anilines is 2. The average Bonchev–Trinajstić information content (AvgIpc) is 2.81. The summed E-state index contributed by atoms with van der Waals surface area (Å²) in [6, 6.07) is 16.5. The van der Waals surface area contributed by atoms with Crippen LogP contribution < -0.4 is 21.7 Å². The Morgan fingerprint density at radius 2 is 1.22 bits per heavy atom. The van der Waals surface area contributed by atoms with Crippen molar-refractivity contribution >= 4 is 29.9 Å². The van der Waals surface area contributed by atoms with Crippen molar-refractivity contribution in [2.45, 2.75) is 39.2 Å². The van der Waals surface area contributed by atoms with Crippen LogP contribution in [0.25, 0.3) is 0 Å². The van der Waals surface area contributed by atoms with Gasteiger partial charge in [-0.3, -0.25) is 0 Å². The lowest BCUT2D eigenvalue weighted by molar-refractivity contribution is 0.0528. The Hall–Kier alpha value is -2.52. The summed E-state index contributed by atoms with van der Waals surface area (Å²) in [5.74, 6) is 0. The Kier molecular flexibility index (Phi) is 18.3. The lowest BCUT2D eigenvalue weighted by atomic mass is 10.1. The zero-order valence-corrected chi connectivity index (χ0v) is 23.2. The SMILES string of the molecule is COCCNc1ccc(CCN)cc1.COCCNc1ccc(CCNC(=O)OC(C)(C)C)cc1.Cl. The molecule has 2 rings (SSSR count). The van der Waals surface area contributed by atoms with Crippen molar-refractivity contribution in [3.05, 3.63) is 59.7 Å². The fourth-order valence-electron chi connectivity index (χ4n) is 2.96. The molecule has 0 saturated heterocycles. The minimum Gasteiger partial charge on any atom is -0.444 e. The summed E-state index contributed by atoms with van der Waals surface area (Å²) in [4.78, 5) is 11.5. The Balaban J connectivity index is 0.000000713. The highest BCUT2D eigenvalue weighted by atomic mass is 35.5.